The maximum atomic E-state index is 14.1. The van der Waals surface area contributed by atoms with E-state index in [0.717, 1.165) is 29.9 Å². The predicted octanol–water partition coefficient (Wildman–Crippen LogP) is 3.61. The van der Waals surface area contributed by atoms with Crippen LogP contribution in [0.1, 0.15) is 18.1 Å². The summed E-state index contributed by atoms with van der Waals surface area (Å²) in [5.74, 6) is -0.140. The summed E-state index contributed by atoms with van der Waals surface area (Å²) in [5.41, 5.74) is 3.49. The number of anilines is 2. The molecule has 2 atom stereocenters. The number of benzene rings is 2. The van der Waals surface area contributed by atoms with Gasteiger partial charge in [-0.3, -0.25) is 24.3 Å². The van der Waals surface area contributed by atoms with Crippen LogP contribution in [0.25, 0.3) is 0 Å². The van der Waals surface area contributed by atoms with Gasteiger partial charge in [-0.15, -0.1) is 11.8 Å². The number of aryl methyl sites for hydroxylation is 1. The van der Waals surface area contributed by atoms with E-state index in [9.17, 15) is 9.59 Å². The standard InChI is InChI=1S/C23H24ClN3O3S/c1-15-3-8-20-19(13-15)23(22(29)26(20)14-25-9-11-30-12-10-25)27(21(28)16(2)31-23)18-6-4-17(24)5-7-18/h3-8,13,16H,9-12,14H2,1-2H3. The molecule has 2 aromatic carbocycles. The monoisotopic (exact) mass is 457 g/mol. The molecule has 6 nitrogen and oxygen atoms in total. The molecule has 0 bridgehead atoms. The number of halogens is 1. The molecule has 3 aliphatic rings. The topological polar surface area (TPSA) is 53.1 Å². The first-order valence-electron chi connectivity index (χ1n) is 10.4. The molecular formula is C23H24ClN3O3S. The largest absolute Gasteiger partial charge is 0.379 e. The normalized spacial score (nSPS) is 26.2. The molecule has 2 amide bonds. The lowest BCUT2D eigenvalue weighted by molar-refractivity contribution is -0.124. The van der Waals surface area contributed by atoms with Gasteiger partial charge in [0.15, 0.2) is 0 Å². The number of rotatable bonds is 3. The van der Waals surface area contributed by atoms with Crippen molar-refractivity contribution in [3.8, 4) is 0 Å². The zero-order valence-electron chi connectivity index (χ0n) is 17.5. The molecule has 1 spiro atoms. The van der Waals surface area contributed by atoms with Gasteiger partial charge in [-0.1, -0.05) is 29.3 Å². The molecule has 3 heterocycles. The Morgan fingerprint density at radius 1 is 1.13 bits per heavy atom. The summed E-state index contributed by atoms with van der Waals surface area (Å²) in [6, 6.07) is 13.2. The van der Waals surface area contributed by atoms with Crippen LogP contribution < -0.4 is 9.80 Å². The van der Waals surface area contributed by atoms with E-state index in [0.29, 0.717) is 30.6 Å². The van der Waals surface area contributed by atoms with Crippen LogP contribution in [0.2, 0.25) is 5.02 Å². The van der Waals surface area contributed by atoms with Crippen LogP contribution in [0, 0.1) is 6.92 Å². The Kier molecular flexibility index (Phi) is 5.25. The summed E-state index contributed by atoms with van der Waals surface area (Å²) in [6.45, 7) is 7.25. The molecule has 0 saturated carbocycles. The Labute approximate surface area is 191 Å². The summed E-state index contributed by atoms with van der Waals surface area (Å²) in [5, 5.41) is 0.254. The first-order chi connectivity index (χ1) is 14.9. The summed E-state index contributed by atoms with van der Waals surface area (Å²) in [7, 11) is 0. The first-order valence-corrected chi connectivity index (χ1v) is 11.7. The molecular weight excluding hydrogens is 434 g/mol. The molecule has 162 valence electrons. The van der Waals surface area contributed by atoms with Crippen molar-refractivity contribution in [1.29, 1.82) is 0 Å². The number of morpholine rings is 1. The second-order valence-corrected chi connectivity index (χ2v) is 10.1. The van der Waals surface area contributed by atoms with Gasteiger partial charge in [0.2, 0.25) is 10.8 Å². The van der Waals surface area contributed by atoms with E-state index in [1.807, 2.05) is 49.1 Å². The fraction of sp³-hybridized carbons (Fsp3) is 0.391. The molecule has 0 radical (unpaired) electrons. The highest BCUT2D eigenvalue weighted by molar-refractivity contribution is 8.03. The van der Waals surface area contributed by atoms with E-state index in [4.69, 9.17) is 16.3 Å². The van der Waals surface area contributed by atoms with Gasteiger partial charge in [0.05, 0.1) is 30.8 Å². The van der Waals surface area contributed by atoms with E-state index < -0.39 is 4.87 Å². The van der Waals surface area contributed by atoms with Crippen molar-refractivity contribution in [2.24, 2.45) is 0 Å². The lowest BCUT2D eigenvalue weighted by Crippen LogP contribution is -2.52. The van der Waals surface area contributed by atoms with Gasteiger partial charge >= 0.3 is 0 Å². The summed E-state index contributed by atoms with van der Waals surface area (Å²) in [6.07, 6.45) is 0. The zero-order valence-corrected chi connectivity index (χ0v) is 19.1. The second-order valence-electron chi connectivity index (χ2n) is 8.18. The average molecular weight is 458 g/mol. The van der Waals surface area contributed by atoms with E-state index in [2.05, 4.69) is 4.90 Å². The summed E-state index contributed by atoms with van der Waals surface area (Å²) in [4.78, 5) is 32.1. The van der Waals surface area contributed by atoms with Crippen molar-refractivity contribution in [2.45, 2.75) is 24.0 Å². The smallest absolute Gasteiger partial charge is 0.269 e. The van der Waals surface area contributed by atoms with E-state index in [-0.39, 0.29) is 17.1 Å². The Morgan fingerprint density at radius 3 is 2.55 bits per heavy atom. The van der Waals surface area contributed by atoms with Crippen molar-refractivity contribution in [3.05, 3.63) is 58.6 Å². The second kappa shape index (κ2) is 7.81. The third-order valence-corrected chi connectivity index (χ3v) is 7.83. The molecule has 0 aromatic heterocycles. The third-order valence-electron chi connectivity index (χ3n) is 6.10. The number of ether oxygens (including phenoxy) is 1. The van der Waals surface area contributed by atoms with Crippen molar-refractivity contribution in [3.63, 3.8) is 0 Å². The van der Waals surface area contributed by atoms with Gasteiger partial charge in [-0.05, 0) is 44.2 Å². The summed E-state index contributed by atoms with van der Waals surface area (Å²) < 4.78 is 5.47. The first kappa shape index (κ1) is 20.8. The van der Waals surface area contributed by atoms with Crippen LogP contribution in [-0.2, 0) is 19.2 Å². The molecule has 5 rings (SSSR count). The number of fused-ring (bicyclic) bond motifs is 2. The van der Waals surface area contributed by atoms with Crippen molar-refractivity contribution in [2.75, 3.05) is 42.8 Å². The van der Waals surface area contributed by atoms with Crippen molar-refractivity contribution < 1.29 is 14.3 Å². The summed E-state index contributed by atoms with van der Waals surface area (Å²) >= 11 is 7.52. The number of thioether (sulfide) groups is 1. The van der Waals surface area contributed by atoms with Crippen LogP contribution in [0.3, 0.4) is 0 Å². The highest BCUT2D eigenvalue weighted by Gasteiger charge is 2.63. The minimum atomic E-state index is -1.11. The lowest BCUT2D eigenvalue weighted by atomic mass is 10.0. The molecule has 2 fully saturated rings. The Morgan fingerprint density at radius 2 is 1.84 bits per heavy atom. The maximum Gasteiger partial charge on any atom is 0.269 e. The minimum Gasteiger partial charge on any atom is -0.379 e. The number of carbonyl (C=O) groups is 2. The maximum absolute atomic E-state index is 14.1. The van der Waals surface area contributed by atoms with Crippen molar-refractivity contribution in [1.82, 2.24) is 4.90 Å². The number of hydrogen-bond donors (Lipinski definition) is 0. The molecule has 3 aliphatic heterocycles. The van der Waals surface area contributed by atoms with Gasteiger partial charge in [0, 0.05) is 29.4 Å². The average Bonchev–Trinajstić information content (AvgIpc) is 3.16. The van der Waals surface area contributed by atoms with E-state index in [1.165, 1.54) is 11.8 Å². The SMILES string of the molecule is Cc1ccc2c(c1)C1(SC(C)C(=O)N1c1ccc(Cl)cc1)C(=O)N2CN1CCOCC1. The van der Waals surface area contributed by atoms with Crippen LogP contribution in [0.5, 0.6) is 0 Å². The van der Waals surface area contributed by atoms with Gasteiger partial charge in [-0.2, -0.15) is 0 Å². The van der Waals surface area contributed by atoms with Gasteiger partial charge in [0.1, 0.15) is 0 Å². The highest BCUT2D eigenvalue weighted by atomic mass is 35.5. The predicted molar refractivity (Wildman–Crippen MR) is 124 cm³/mol. The molecule has 31 heavy (non-hydrogen) atoms. The van der Waals surface area contributed by atoms with Gasteiger partial charge < -0.3 is 4.74 Å². The molecule has 0 N–H and O–H groups in total. The number of amides is 2. The fourth-order valence-corrected chi connectivity index (χ4v) is 6.22. The third kappa shape index (κ3) is 3.26. The Bertz CT molecular complexity index is 1040. The van der Waals surface area contributed by atoms with Crippen LogP contribution >= 0.6 is 23.4 Å². The van der Waals surface area contributed by atoms with E-state index in [1.54, 1.807) is 17.0 Å². The molecule has 2 unspecified atom stereocenters. The quantitative estimate of drug-likeness (QED) is 0.704. The lowest BCUT2D eigenvalue weighted by Gasteiger charge is -2.35. The van der Waals surface area contributed by atoms with Crippen molar-refractivity contribution >= 4 is 46.6 Å². The number of hydrogen-bond acceptors (Lipinski definition) is 5. The number of carbonyl (C=O) groups excluding carboxylic acids is 2. The zero-order chi connectivity index (χ0) is 21.8. The highest BCUT2D eigenvalue weighted by Crippen LogP contribution is 2.58. The Balaban J connectivity index is 1.64. The molecule has 2 saturated heterocycles. The van der Waals surface area contributed by atoms with Crippen LogP contribution in [0.15, 0.2) is 42.5 Å². The number of nitrogens with zero attached hydrogens (tertiary/aromatic N) is 3. The fourth-order valence-electron chi connectivity index (χ4n) is 4.57. The van der Waals surface area contributed by atoms with Gasteiger partial charge in [0.25, 0.3) is 5.91 Å². The van der Waals surface area contributed by atoms with Gasteiger partial charge in [-0.25, -0.2) is 0 Å². The Hall–Kier alpha value is -2.06. The van der Waals surface area contributed by atoms with Crippen LogP contribution in [0.4, 0.5) is 11.4 Å². The molecule has 8 heteroatoms. The minimum absolute atomic E-state index is 0.0682. The molecule has 0 aliphatic carbocycles. The van der Waals surface area contributed by atoms with E-state index >= 15 is 0 Å². The molecule has 2 aromatic rings. The van der Waals surface area contributed by atoms with Crippen LogP contribution in [-0.4, -0.2) is 54.9 Å².